The molecule has 1 heterocycles. The van der Waals surface area contributed by atoms with Gasteiger partial charge in [0.05, 0.1) is 23.4 Å². The lowest BCUT2D eigenvalue weighted by Gasteiger charge is -2.27. The molecule has 0 saturated heterocycles. The van der Waals surface area contributed by atoms with Gasteiger partial charge in [-0.25, -0.2) is 4.98 Å². The van der Waals surface area contributed by atoms with E-state index in [-0.39, 0.29) is 19.1 Å². The molecule has 0 aliphatic carbocycles. The fraction of sp³-hybridized carbons (Fsp3) is 0.333. The van der Waals surface area contributed by atoms with Gasteiger partial charge in [0, 0.05) is 6.54 Å². The molecule has 0 saturated carbocycles. The number of thiazole rings is 1. The Labute approximate surface area is 173 Å². The Morgan fingerprint density at radius 1 is 1.29 bits per heavy atom. The van der Waals surface area contributed by atoms with Crippen molar-refractivity contribution in [3.63, 3.8) is 0 Å². The molecule has 0 fully saturated rings. The van der Waals surface area contributed by atoms with Crippen LogP contribution in [-0.4, -0.2) is 35.8 Å². The van der Waals surface area contributed by atoms with Gasteiger partial charge in [0.2, 0.25) is 5.91 Å². The van der Waals surface area contributed by atoms with Gasteiger partial charge in [-0.3, -0.25) is 4.79 Å². The number of rotatable bonds is 8. The molecule has 5 nitrogen and oxygen atoms in total. The molecule has 1 atom stereocenters. The lowest BCUT2D eigenvalue weighted by Crippen LogP contribution is -2.41. The van der Waals surface area contributed by atoms with Crippen LogP contribution in [0.3, 0.4) is 0 Å². The second kappa shape index (κ2) is 8.94. The summed E-state index contributed by atoms with van der Waals surface area (Å²) in [6.45, 7) is 6.61. The van der Waals surface area contributed by atoms with E-state index in [1.165, 1.54) is 11.8 Å². The number of fused-ring (bicyclic) bond motifs is 1. The maximum atomic E-state index is 13.0. The van der Waals surface area contributed by atoms with Gasteiger partial charge >= 0.3 is 0 Å². The third kappa shape index (κ3) is 4.48. The molecule has 28 heavy (non-hydrogen) atoms. The number of nitrogens with zero attached hydrogens (tertiary/aromatic N) is 1. The lowest BCUT2D eigenvalue weighted by molar-refractivity contribution is -0.123. The third-order valence-electron chi connectivity index (χ3n) is 4.38. The molecule has 0 radical (unpaired) electrons. The van der Waals surface area contributed by atoms with Gasteiger partial charge in [0.1, 0.15) is 10.5 Å². The smallest absolute Gasteiger partial charge is 0.241 e. The van der Waals surface area contributed by atoms with Crippen molar-refractivity contribution in [2.75, 3.05) is 19.8 Å². The molecule has 3 aromatic rings. The summed E-state index contributed by atoms with van der Waals surface area (Å²) in [4.78, 5) is 17.7. The molecule has 0 aliphatic heterocycles. The van der Waals surface area contributed by atoms with E-state index in [0.29, 0.717) is 6.61 Å². The van der Waals surface area contributed by atoms with Crippen LogP contribution in [0.15, 0.2) is 46.8 Å². The SMILES string of the molecule is CCOc1ccc2nc(SC(C)(C(=O)NCCO)c3ccc(C)cc3)sc2c1. The Morgan fingerprint density at radius 3 is 2.71 bits per heavy atom. The highest BCUT2D eigenvalue weighted by molar-refractivity contribution is 8.02. The van der Waals surface area contributed by atoms with Crippen molar-refractivity contribution >= 4 is 39.2 Å². The molecule has 0 bridgehead atoms. The van der Waals surface area contributed by atoms with E-state index in [2.05, 4.69) is 5.32 Å². The molecule has 2 aromatic carbocycles. The maximum absolute atomic E-state index is 13.0. The van der Waals surface area contributed by atoms with E-state index in [4.69, 9.17) is 14.8 Å². The van der Waals surface area contributed by atoms with Crippen LogP contribution in [0.2, 0.25) is 0 Å². The summed E-state index contributed by atoms with van der Waals surface area (Å²) in [5.41, 5.74) is 2.92. The Kier molecular flexibility index (Phi) is 6.59. The zero-order chi connectivity index (χ0) is 20.1. The van der Waals surface area contributed by atoms with Gasteiger partial charge in [-0.15, -0.1) is 11.3 Å². The lowest BCUT2D eigenvalue weighted by atomic mass is 9.98. The summed E-state index contributed by atoms with van der Waals surface area (Å²) in [6, 6.07) is 13.8. The van der Waals surface area contributed by atoms with Crippen molar-refractivity contribution < 1.29 is 14.6 Å². The highest BCUT2D eigenvalue weighted by Crippen LogP contribution is 2.44. The average molecular weight is 417 g/mol. The number of carbonyl (C=O) groups is 1. The van der Waals surface area contributed by atoms with Gasteiger partial charge < -0.3 is 15.2 Å². The van der Waals surface area contributed by atoms with Crippen LogP contribution in [0.25, 0.3) is 10.2 Å². The van der Waals surface area contributed by atoms with Gasteiger partial charge in [-0.2, -0.15) is 0 Å². The number of aryl methyl sites for hydroxylation is 1. The molecule has 7 heteroatoms. The number of amides is 1. The monoisotopic (exact) mass is 416 g/mol. The van der Waals surface area contributed by atoms with E-state index in [0.717, 1.165) is 31.4 Å². The Hall–Kier alpha value is -2.09. The molecule has 1 amide bonds. The molecule has 0 aliphatic rings. The first-order chi connectivity index (χ1) is 13.5. The highest BCUT2D eigenvalue weighted by Gasteiger charge is 2.37. The minimum absolute atomic E-state index is 0.0955. The van der Waals surface area contributed by atoms with Gasteiger partial charge in [0.25, 0.3) is 0 Å². The highest BCUT2D eigenvalue weighted by atomic mass is 32.2. The Balaban J connectivity index is 1.95. The molecule has 1 aromatic heterocycles. The minimum Gasteiger partial charge on any atom is -0.494 e. The summed E-state index contributed by atoms with van der Waals surface area (Å²) in [7, 11) is 0. The van der Waals surface area contributed by atoms with Gasteiger partial charge in [-0.05, 0) is 44.5 Å². The maximum Gasteiger partial charge on any atom is 0.241 e. The predicted octanol–water partition coefficient (Wildman–Crippen LogP) is 4.12. The molecule has 1 unspecified atom stereocenters. The second-order valence-electron chi connectivity index (χ2n) is 6.52. The molecule has 148 valence electrons. The summed E-state index contributed by atoms with van der Waals surface area (Å²) in [5.74, 6) is 0.668. The fourth-order valence-electron chi connectivity index (χ4n) is 2.80. The molecule has 2 N–H and O–H groups in total. The van der Waals surface area contributed by atoms with E-state index >= 15 is 0 Å². The van der Waals surface area contributed by atoms with Crippen molar-refractivity contribution in [3.8, 4) is 5.75 Å². The van der Waals surface area contributed by atoms with Crippen LogP contribution >= 0.6 is 23.1 Å². The normalized spacial score (nSPS) is 13.3. The van der Waals surface area contributed by atoms with Crippen molar-refractivity contribution in [2.45, 2.75) is 29.9 Å². The summed E-state index contributed by atoms with van der Waals surface area (Å²) in [6.07, 6.45) is 0. The van der Waals surface area contributed by atoms with Gasteiger partial charge in [-0.1, -0.05) is 41.6 Å². The van der Waals surface area contributed by atoms with Crippen molar-refractivity contribution in [2.24, 2.45) is 0 Å². The largest absolute Gasteiger partial charge is 0.494 e. The Morgan fingerprint density at radius 2 is 2.04 bits per heavy atom. The van der Waals surface area contributed by atoms with Crippen molar-refractivity contribution in [3.05, 3.63) is 53.6 Å². The first-order valence-corrected chi connectivity index (χ1v) is 10.8. The molecule has 3 rings (SSSR count). The topological polar surface area (TPSA) is 71.5 Å². The molecular weight excluding hydrogens is 392 g/mol. The standard InChI is InChI=1S/C21H24N2O3S2/c1-4-26-16-9-10-17-18(13-16)27-20(23-17)28-21(3,19(25)22-11-12-24)15-7-5-14(2)6-8-15/h5-10,13,24H,4,11-12H2,1-3H3,(H,22,25). The molecular formula is C21H24N2O3S2. The van der Waals surface area contributed by atoms with Crippen LogP contribution < -0.4 is 10.1 Å². The average Bonchev–Trinajstić information content (AvgIpc) is 3.08. The van der Waals surface area contributed by atoms with E-state index in [9.17, 15) is 4.79 Å². The fourth-order valence-corrected chi connectivity index (χ4v) is 5.38. The van der Waals surface area contributed by atoms with Crippen LogP contribution in [0, 0.1) is 6.92 Å². The zero-order valence-corrected chi connectivity index (χ0v) is 17.8. The minimum atomic E-state index is -0.862. The Bertz CT molecular complexity index is 956. The number of hydrogen-bond acceptors (Lipinski definition) is 6. The van der Waals surface area contributed by atoms with Crippen LogP contribution in [0.4, 0.5) is 0 Å². The number of aliphatic hydroxyl groups excluding tert-OH is 1. The number of aliphatic hydroxyl groups is 1. The molecule has 0 spiro atoms. The number of carbonyl (C=O) groups excluding carboxylic acids is 1. The second-order valence-corrected chi connectivity index (χ2v) is 9.22. The van der Waals surface area contributed by atoms with Crippen LogP contribution in [0.1, 0.15) is 25.0 Å². The quantitative estimate of drug-likeness (QED) is 0.541. The number of aromatic nitrogens is 1. The zero-order valence-electron chi connectivity index (χ0n) is 16.2. The number of hydrogen-bond donors (Lipinski definition) is 2. The number of benzene rings is 2. The van der Waals surface area contributed by atoms with Gasteiger partial charge in [0.15, 0.2) is 4.34 Å². The van der Waals surface area contributed by atoms with Crippen molar-refractivity contribution in [1.82, 2.24) is 10.3 Å². The third-order valence-corrected chi connectivity index (χ3v) is 6.78. The number of thioether (sulfide) groups is 1. The van der Waals surface area contributed by atoms with Crippen molar-refractivity contribution in [1.29, 1.82) is 0 Å². The number of ether oxygens (including phenoxy) is 1. The van der Waals surface area contributed by atoms with Crippen LogP contribution in [-0.2, 0) is 9.54 Å². The summed E-state index contributed by atoms with van der Waals surface area (Å²) < 4.78 is 6.54. The first-order valence-electron chi connectivity index (χ1n) is 9.15. The van der Waals surface area contributed by atoms with Crippen LogP contribution in [0.5, 0.6) is 5.75 Å². The first kappa shape index (κ1) is 20.6. The summed E-state index contributed by atoms with van der Waals surface area (Å²) in [5, 5.41) is 11.9. The van der Waals surface area contributed by atoms with E-state index in [1.54, 1.807) is 11.3 Å². The predicted molar refractivity (Wildman–Crippen MR) is 115 cm³/mol. The van der Waals surface area contributed by atoms with E-state index < -0.39 is 4.75 Å². The van der Waals surface area contributed by atoms with E-state index in [1.807, 2.05) is 63.2 Å². The number of nitrogens with one attached hydrogen (secondary N) is 1. The summed E-state index contributed by atoms with van der Waals surface area (Å²) >= 11 is 2.97.